The lowest BCUT2D eigenvalue weighted by Gasteiger charge is -2.19. The molecule has 2 rings (SSSR count). The van der Waals surface area contributed by atoms with Crippen molar-refractivity contribution in [2.24, 2.45) is 5.92 Å². The van der Waals surface area contributed by atoms with Crippen LogP contribution in [0.2, 0.25) is 0 Å². The van der Waals surface area contributed by atoms with Gasteiger partial charge in [-0.1, -0.05) is 0 Å². The number of ether oxygens (including phenoxy) is 1. The number of aromatic carboxylic acids is 1. The molecule has 1 fully saturated rings. The molecule has 6 nitrogen and oxygen atoms in total. The molecule has 7 heteroatoms. The molecule has 1 aliphatic heterocycles. The first-order valence-electron chi connectivity index (χ1n) is 6.65. The van der Waals surface area contributed by atoms with Gasteiger partial charge in [-0.3, -0.25) is 0 Å². The van der Waals surface area contributed by atoms with Crippen molar-refractivity contribution in [3.63, 3.8) is 0 Å². The highest BCUT2D eigenvalue weighted by molar-refractivity contribution is 9.10. The minimum atomic E-state index is -1.04. The van der Waals surface area contributed by atoms with Gasteiger partial charge in [0.1, 0.15) is 0 Å². The Balaban J connectivity index is 1.98. The van der Waals surface area contributed by atoms with Gasteiger partial charge < -0.3 is 20.5 Å². The number of anilines is 1. The molecule has 0 aromatic heterocycles. The lowest BCUT2D eigenvalue weighted by molar-refractivity contribution is 0.0697. The molecule has 0 aliphatic carbocycles. The number of carbonyl (C=O) groups excluding carboxylic acids is 1. The number of carboxylic acid groups (broad SMARTS) is 1. The lowest BCUT2D eigenvalue weighted by Crippen LogP contribution is -2.40. The molecule has 0 saturated carbocycles. The molecule has 1 saturated heterocycles. The number of benzene rings is 1. The lowest BCUT2D eigenvalue weighted by atomic mass is 10.0. The Bertz CT molecular complexity index is 544. The van der Waals surface area contributed by atoms with Crippen molar-refractivity contribution < 1.29 is 19.4 Å². The van der Waals surface area contributed by atoms with E-state index < -0.39 is 5.97 Å². The predicted molar refractivity (Wildman–Crippen MR) is 81.6 cm³/mol. The summed E-state index contributed by atoms with van der Waals surface area (Å²) in [5, 5.41) is 14.5. The van der Waals surface area contributed by atoms with Gasteiger partial charge in [-0.2, -0.15) is 0 Å². The van der Waals surface area contributed by atoms with Gasteiger partial charge in [-0.15, -0.1) is 0 Å². The minimum absolute atomic E-state index is 0.00562. The highest BCUT2D eigenvalue weighted by Crippen LogP contribution is 2.24. The summed E-state index contributed by atoms with van der Waals surface area (Å²) in [6.07, 6.45) is 0.930. The normalized spacial score (nSPS) is 19.0. The standard InChI is InChI=1S/C14H17BrN2O4/c1-8(10-4-5-21-7-10)16-14(20)17-12-6-9(13(18)19)2-3-11(12)15/h2-3,6,8,10H,4-5,7H2,1H3,(H,18,19)(H2,16,17,20). The molecule has 1 aromatic rings. The third-order valence-electron chi connectivity index (χ3n) is 3.49. The average Bonchev–Trinajstić information content (AvgIpc) is 2.95. The maximum absolute atomic E-state index is 12.0. The van der Waals surface area contributed by atoms with E-state index in [0.29, 0.717) is 22.7 Å². The number of urea groups is 1. The number of carbonyl (C=O) groups is 2. The van der Waals surface area contributed by atoms with Crippen LogP contribution in [0.5, 0.6) is 0 Å². The third-order valence-corrected chi connectivity index (χ3v) is 4.18. The molecule has 114 valence electrons. The molecule has 1 aromatic carbocycles. The van der Waals surface area contributed by atoms with Gasteiger partial charge in [0.2, 0.25) is 0 Å². The van der Waals surface area contributed by atoms with Crippen LogP contribution in [-0.2, 0) is 4.74 Å². The third kappa shape index (κ3) is 4.18. The number of hydrogen-bond acceptors (Lipinski definition) is 3. The molecular formula is C14H17BrN2O4. The van der Waals surface area contributed by atoms with Gasteiger partial charge in [0.05, 0.1) is 17.9 Å². The van der Waals surface area contributed by atoms with Crippen LogP contribution in [0.15, 0.2) is 22.7 Å². The molecule has 0 bridgehead atoms. The van der Waals surface area contributed by atoms with E-state index in [1.54, 1.807) is 6.07 Å². The van der Waals surface area contributed by atoms with Crippen molar-refractivity contribution in [3.8, 4) is 0 Å². The quantitative estimate of drug-likeness (QED) is 0.773. The Morgan fingerprint density at radius 1 is 1.48 bits per heavy atom. The summed E-state index contributed by atoms with van der Waals surface area (Å²) in [5.41, 5.74) is 0.535. The number of hydrogen-bond donors (Lipinski definition) is 3. The van der Waals surface area contributed by atoms with Crippen molar-refractivity contribution >= 4 is 33.6 Å². The Labute approximate surface area is 131 Å². The largest absolute Gasteiger partial charge is 0.478 e. The SMILES string of the molecule is CC(NC(=O)Nc1cc(C(=O)O)ccc1Br)C1CCOC1. The summed E-state index contributed by atoms with van der Waals surface area (Å²) >= 11 is 3.29. The molecule has 3 N–H and O–H groups in total. The molecule has 2 atom stereocenters. The highest BCUT2D eigenvalue weighted by atomic mass is 79.9. The number of rotatable bonds is 4. The zero-order valence-electron chi connectivity index (χ0n) is 11.6. The van der Waals surface area contributed by atoms with E-state index in [1.165, 1.54) is 12.1 Å². The van der Waals surface area contributed by atoms with Crippen LogP contribution in [0.25, 0.3) is 0 Å². The van der Waals surface area contributed by atoms with E-state index in [2.05, 4.69) is 26.6 Å². The van der Waals surface area contributed by atoms with E-state index in [0.717, 1.165) is 13.0 Å². The van der Waals surface area contributed by atoms with Crippen LogP contribution < -0.4 is 10.6 Å². The first kappa shape index (κ1) is 15.8. The van der Waals surface area contributed by atoms with E-state index in [9.17, 15) is 9.59 Å². The summed E-state index contributed by atoms with van der Waals surface area (Å²) in [5.74, 6) is -0.730. The second-order valence-corrected chi connectivity index (χ2v) is 5.86. The number of amides is 2. The van der Waals surface area contributed by atoms with Gasteiger partial charge in [0, 0.05) is 23.0 Å². The second kappa shape index (κ2) is 6.91. The van der Waals surface area contributed by atoms with Crippen molar-refractivity contribution in [3.05, 3.63) is 28.2 Å². The molecular weight excluding hydrogens is 340 g/mol. The Hall–Kier alpha value is -1.60. The average molecular weight is 357 g/mol. The fraction of sp³-hybridized carbons (Fsp3) is 0.429. The summed E-state index contributed by atoms with van der Waals surface area (Å²) in [4.78, 5) is 22.9. The van der Waals surface area contributed by atoms with Crippen molar-refractivity contribution in [1.82, 2.24) is 5.32 Å². The van der Waals surface area contributed by atoms with Crippen LogP contribution >= 0.6 is 15.9 Å². The Morgan fingerprint density at radius 2 is 2.24 bits per heavy atom. The molecule has 0 radical (unpaired) electrons. The van der Waals surface area contributed by atoms with Gasteiger partial charge >= 0.3 is 12.0 Å². The Kier molecular flexibility index (Phi) is 5.19. The molecule has 2 amide bonds. The smallest absolute Gasteiger partial charge is 0.335 e. The van der Waals surface area contributed by atoms with Crippen LogP contribution in [0.1, 0.15) is 23.7 Å². The van der Waals surface area contributed by atoms with Crippen molar-refractivity contribution in [2.75, 3.05) is 18.5 Å². The predicted octanol–water partition coefficient (Wildman–Crippen LogP) is 2.69. The van der Waals surface area contributed by atoms with Crippen molar-refractivity contribution in [1.29, 1.82) is 0 Å². The number of halogens is 1. The molecule has 0 spiro atoms. The van der Waals surface area contributed by atoms with Gasteiger partial charge in [0.25, 0.3) is 0 Å². The number of carboxylic acids is 1. The van der Waals surface area contributed by atoms with E-state index in [1.807, 2.05) is 6.92 Å². The maximum Gasteiger partial charge on any atom is 0.335 e. The van der Waals surface area contributed by atoms with Crippen LogP contribution in [0, 0.1) is 5.92 Å². The summed E-state index contributed by atoms with van der Waals surface area (Å²) < 4.78 is 5.92. The van der Waals surface area contributed by atoms with Gasteiger partial charge in [-0.25, -0.2) is 9.59 Å². The van der Waals surface area contributed by atoms with E-state index in [-0.39, 0.29) is 17.6 Å². The molecule has 21 heavy (non-hydrogen) atoms. The van der Waals surface area contributed by atoms with Crippen molar-refractivity contribution in [2.45, 2.75) is 19.4 Å². The maximum atomic E-state index is 12.0. The fourth-order valence-electron chi connectivity index (χ4n) is 2.18. The van der Waals surface area contributed by atoms with E-state index in [4.69, 9.17) is 9.84 Å². The minimum Gasteiger partial charge on any atom is -0.478 e. The zero-order valence-corrected chi connectivity index (χ0v) is 13.1. The zero-order chi connectivity index (χ0) is 15.4. The highest BCUT2D eigenvalue weighted by Gasteiger charge is 2.23. The number of nitrogens with one attached hydrogen (secondary N) is 2. The van der Waals surface area contributed by atoms with Gasteiger partial charge in [-0.05, 0) is 47.5 Å². The Morgan fingerprint density at radius 3 is 2.86 bits per heavy atom. The second-order valence-electron chi connectivity index (χ2n) is 5.01. The van der Waals surface area contributed by atoms with Crippen LogP contribution in [0.4, 0.5) is 10.5 Å². The topological polar surface area (TPSA) is 87.7 Å². The summed E-state index contributed by atoms with van der Waals surface area (Å²) in [6, 6.07) is 4.10. The first-order chi connectivity index (χ1) is 9.97. The van der Waals surface area contributed by atoms with Gasteiger partial charge in [0.15, 0.2) is 0 Å². The molecule has 1 aliphatic rings. The van der Waals surface area contributed by atoms with E-state index >= 15 is 0 Å². The van der Waals surface area contributed by atoms with Crippen LogP contribution in [0.3, 0.4) is 0 Å². The molecule has 1 heterocycles. The molecule has 2 unspecified atom stereocenters. The van der Waals surface area contributed by atoms with Crippen LogP contribution in [-0.4, -0.2) is 36.4 Å². The summed E-state index contributed by atoms with van der Waals surface area (Å²) in [6.45, 7) is 3.31. The monoisotopic (exact) mass is 356 g/mol. The summed E-state index contributed by atoms with van der Waals surface area (Å²) in [7, 11) is 0. The fourth-order valence-corrected chi connectivity index (χ4v) is 2.53. The first-order valence-corrected chi connectivity index (χ1v) is 7.45.